The third-order valence-electron chi connectivity index (χ3n) is 5.50. The molecule has 13 heteroatoms. The number of nitrogens with one attached hydrogen (secondary N) is 1. The van der Waals surface area contributed by atoms with Crippen LogP contribution >= 0.6 is 11.6 Å². The molecule has 0 unspecified atom stereocenters. The van der Waals surface area contributed by atoms with Crippen LogP contribution in [0, 0.1) is 5.82 Å². The van der Waals surface area contributed by atoms with Crippen LogP contribution in [-0.4, -0.2) is 54.2 Å². The van der Waals surface area contributed by atoms with Crippen LogP contribution in [0.5, 0.6) is 6.01 Å². The lowest BCUT2D eigenvalue weighted by atomic mass is 10.1. The number of aromatic nitrogens is 5. The van der Waals surface area contributed by atoms with Gasteiger partial charge in [-0.05, 0) is 24.6 Å². The van der Waals surface area contributed by atoms with Crippen molar-refractivity contribution in [3.63, 3.8) is 0 Å². The number of rotatable bonds is 6. The van der Waals surface area contributed by atoms with Crippen molar-refractivity contribution in [1.29, 1.82) is 0 Å². The minimum atomic E-state index is -1.33. The summed E-state index contributed by atoms with van der Waals surface area (Å²) < 4.78 is 32.2. The van der Waals surface area contributed by atoms with Gasteiger partial charge in [-0.2, -0.15) is 9.97 Å². The Labute approximate surface area is 197 Å². The minimum absolute atomic E-state index is 0.0291. The second-order valence-corrected chi connectivity index (χ2v) is 8.07. The molecule has 3 aromatic heterocycles. The topological polar surface area (TPSA) is 141 Å². The standard InChI is InChI=1S/C21H20ClFN6O5/c1-3-10-7-13(34-28-10)17-15(30)16(31)20(33-17)29-8-24-14-18(26-21(32-2)27-19(14)29)25-12-5-4-9(22)6-11(12)23/h4-8,15-17,20,30-31H,3H2,1-2H3,(H,25,26,27)/t15-,16+,17+,20+/m0/s1. The van der Waals surface area contributed by atoms with Gasteiger partial charge in [-0.3, -0.25) is 4.57 Å². The quantitative estimate of drug-likeness (QED) is 0.369. The Morgan fingerprint density at radius 1 is 1.24 bits per heavy atom. The Balaban J connectivity index is 1.52. The maximum Gasteiger partial charge on any atom is 0.320 e. The first kappa shape index (κ1) is 22.5. The van der Waals surface area contributed by atoms with Gasteiger partial charge in [0.2, 0.25) is 0 Å². The first-order valence-corrected chi connectivity index (χ1v) is 10.7. The summed E-state index contributed by atoms with van der Waals surface area (Å²) in [7, 11) is 1.38. The second-order valence-electron chi connectivity index (χ2n) is 7.63. The molecule has 1 saturated heterocycles. The van der Waals surface area contributed by atoms with Gasteiger partial charge in [0.05, 0.1) is 24.8 Å². The lowest BCUT2D eigenvalue weighted by Crippen LogP contribution is -2.28. The molecule has 1 fully saturated rings. The van der Waals surface area contributed by atoms with E-state index in [1.165, 1.54) is 30.1 Å². The van der Waals surface area contributed by atoms with E-state index >= 15 is 0 Å². The van der Waals surface area contributed by atoms with Crippen molar-refractivity contribution >= 4 is 34.3 Å². The molecule has 1 aliphatic rings. The van der Waals surface area contributed by atoms with Crippen LogP contribution in [0.1, 0.15) is 30.7 Å². The zero-order chi connectivity index (χ0) is 24.0. The van der Waals surface area contributed by atoms with Crippen molar-refractivity contribution in [3.8, 4) is 6.01 Å². The van der Waals surface area contributed by atoms with E-state index in [-0.39, 0.29) is 33.7 Å². The average molecular weight is 491 g/mol. The number of fused-ring (bicyclic) bond motifs is 1. The van der Waals surface area contributed by atoms with Crippen LogP contribution in [0.4, 0.5) is 15.9 Å². The zero-order valence-corrected chi connectivity index (χ0v) is 18.8. The molecule has 3 N–H and O–H groups in total. The number of aliphatic hydroxyl groups is 2. The molecule has 4 heterocycles. The normalized spacial score (nSPS) is 22.4. The van der Waals surface area contributed by atoms with Crippen LogP contribution in [0.2, 0.25) is 5.02 Å². The Bertz CT molecular complexity index is 1350. The lowest BCUT2D eigenvalue weighted by Gasteiger charge is -2.17. The highest BCUT2D eigenvalue weighted by molar-refractivity contribution is 6.30. The molecule has 5 rings (SSSR count). The average Bonchev–Trinajstić information content (AvgIpc) is 3.54. The van der Waals surface area contributed by atoms with Gasteiger partial charge in [0.1, 0.15) is 24.1 Å². The van der Waals surface area contributed by atoms with Crippen molar-refractivity contribution in [2.24, 2.45) is 0 Å². The number of aliphatic hydroxyl groups excluding tert-OH is 2. The number of hydrogen-bond donors (Lipinski definition) is 3. The monoisotopic (exact) mass is 490 g/mol. The molecule has 34 heavy (non-hydrogen) atoms. The number of halogens is 2. The summed E-state index contributed by atoms with van der Waals surface area (Å²) in [6, 6.07) is 5.79. The number of nitrogens with zero attached hydrogens (tertiary/aromatic N) is 5. The van der Waals surface area contributed by atoms with Gasteiger partial charge in [-0.15, -0.1) is 0 Å². The van der Waals surface area contributed by atoms with Crippen LogP contribution in [0.3, 0.4) is 0 Å². The van der Waals surface area contributed by atoms with E-state index in [0.717, 1.165) is 6.07 Å². The minimum Gasteiger partial charge on any atom is -0.467 e. The van der Waals surface area contributed by atoms with Crippen molar-refractivity contribution in [2.45, 2.75) is 37.9 Å². The molecular formula is C21H20ClFN6O5. The Morgan fingerprint density at radius 2 is 2.06 bits per heavy atom. The van der Waals surface area contributed by atoms with Crippen LogP contribution < -0.4 is 10.1 Å². The van der Waals surface area contributed by atoms with E-state index in [0.29, 0.717) is 17.9 Å². The molecule has 0 saturated carbocycles. The molecule has 0 aliphatic carbocycles. The first-order valence-electron chi connectivity index (χ1n) is 10.4. The smallest absolute Gasteiger partial charge is 0.320 e. The number of anilines is 2. The molecule has 0 bridgehead atoms. The van der Waals surface area contributed by atoms with E-state index in [4.69, 9.17) is 25.6 Å². The Morgan fingerprint density at radius 3 is 2.76 bits per heavy atom. The van der Waals surface area contributed by atoms with E-state index < -0.39 is 30.4 Å². The zero-order valence-electron chi connectivity index (χ0n) is 18.0. The highest BCUT2D eigenvalue weighted by Gasteiger charge is 2.47. The molecule has 0 amide bonds. The number of ether oxygens (including phenoxy) is 2. The van der Waals surface area contributed by atoms with Crippen LogP contribution in [-0.2, 0) is 11.2 Å². The fraction of sp³-hybridized carbons (Fsp3) is 0.333. The summed E-state index contributed by atoms with van der Waals surface area (Å²) in [5.41, 5.74) is 1.30. The van der Waals surface area contributed by atoms with E-state index in [2.05, 4.69) is 25.4 Å². The molecule has 0 radical (unpaired) electrons. The van der Waals surface area contributed by atoms with Gasteiger partial charge in [0.15, 0.2) is 29.0 Å². The maximum absolute atomic E-state index is 14.4. The molecule has 4 atom stereocenters. The summed E-state index contributed by atoms with van der Waals surface area (Å²) >= 11 is 5.83. The van der Waals surface area contributed by atoms with Gasteiger partial charge in [0.25, 0.3) is 0 Å². The van der Waals surface area contributed by atoms with Crippen molar-refractivity contribution in [1.82, 2.24) is 24.7 Å². The highest BCUT2D eigenvalue weighted by Crippen LogP contribution is 2.40. The van der Waals surface area contributed by atoms with Gasteiger partial charge in [0, 0.05) is 11.1 Å². The number of aryl methyl sites for hydroxylation is 1. The molecule has 1 aliphatic heterocycles. The number of hydrogen-bond acceptors (Lipinski definition) is 10. The predicted octanol–water partition coefficient (Wildman–Crippen LogP) is 2.91. The van der Waals surface area contributed by atoms with Gasteiger partial charge in [-0.1, -0.05) is 23.7 Å². The number of imidazole rings is 1. The molecule has 0 spiro atoms. The van der Waals surface area contributed by atoms with E-state index in [1.807, 2.05) is 6.92 Å². The molecule has 178 valence electrons. The molecule has 11 nitrogen and oxygen atoms in total. The maximum atomic E-state index is 14.4. The third-order valence-corrected chi connectivity index (χ3v) is 5.74. The largest absolute Gasteiger partial charge is 0.467 e. The van der Waals surface area contributed by atoms with E-state index in [1.54, 1.807) is 6.07 Å². The fourth-order valence-corrected chi connectivity index (χ4v) is 3.89. The molecule has 1 aromatic carbocycles. The highest BCUT2D eigenvalue weighted by atomic mass is 35.5. The van der Waals surface area contributed by atoms with Crippen molar-refractivity contribution in [3.05, 3.63) is 52.9 Å². The van der Waals surface area contributed by atoms with Crippen LogP contribution in [0.25, 0.3) is 11.2 Å². The fourth-order valence-electron chi connectivity index (χ4n) is 3.73. The predicted molar refractivity (Wildman–Crippen MR) is 117 cm³/mol. The molecule has 4 aromatic rings. The summed E-state index contributed by atoms with van der Waals surface area (Å²) in [6.07, 6.45) is -2.60. The summed E-state index contributed by atoms with van der Waals surface area (Å²) in [5.74, 6) is -0.131. The first-order chi connectivity index (χ1) is 16.4. The van der Waals surface area contributed by atoms with Gasteiger partial charge >= 0.3 is 6.01 Å². The second kappa shape index (κ2) is 8.80. The molecular weight excluding hydrogens is 471 g/mol. The summed E-state index contributed by atoms with van der Waals surface area (Å²) in [6.45, 7) is 1.91. The lowest BCUT2D eigenvalue weighted by molar-refractivity contribution is -0.0434. The van der Waals surface area contributed by atoms with Crippen LogP contribution in [0.15, 0.2) is 35.1 Å². The SMILES string of the molecule is CCc1cc([C@H]2O[C@@H](n3cnc4c(Nc5ccc(Cl)cc5F)nc(OC)nc43)[C@H](O)[C@@H]2O)on1. The van der Waals surface area contributed by atoms with E-state index in [9.17, 15) is 14.6 Å². The Kier molecular flexibility index (Phi) is 5.81. The van der Waals surface area contributed by atoms with Crippen molar-refractivity contribution in [2.75, 3.05) is 12.4 Å². The Hall–Kier alpha value is -3.32. The number of methoxy groups -OCH3 is 1. The third kappa shape index (κ3) is 3.84. The summed E-state index contributed by atoms with van der Waals surface area (Å²) in [5, 5.41) is 28.4. The van der Waals surface area contributed by atoms with Crippen molar-refractivity contribution < 1.29 is 28.6 Å². The number of benzene rings is 1. The summed E-state index contributed by atoms with van der Waals surface area (Å²) in [4.78, 5) is 12.9. The van der Waals surface area contributed by atoms with Gasteiger partial charge in [-0.25, -0.2) is 9.37 Å². The van der Waals surface area contributed by atoms with Gasteiger partial charge < -0.3 is 29.5 Å².